The monoisotopic (exact) mass is 432 g/mol. The fourth-order valence-corrected chi connectivity index (χ4v) is 3.83. The number of hydrogen-bond acceptors (Lipinski definition) is 3. The van der Waals surface area contributed by atoms with E-state index in [9.17, 15) is 9.59 Å². The first-order valence-corrected chi connectivity index (χ1v) is 12.6. The van der Waals surface area contributed by atoms with Crippen LogP contribution in [0.25, 0.3) is 0 Å². The predicted molar refractivity (Wildman–Crippen MR) is 128 cm³/mol. The molecule has 0 spiro atoms. The molecule has 1 aromatic carbocycles. The smallest absolute Gasteiger partial charge is 0.339 e. The van der Waals surface area contributed by atoms with Gasteiger partial charge in [0.25, 0.3) is 0 Å². The molecule has 0 aliphatic heterocycles. The Kier molecular flexibility index (Phi) is 15.6. The third-order valence-corrected chi connectivity index (χ3v) is 6.15. The van der Waals surface area contributed by atoms with Gasteiger partial charge < -0.3 is 9.84 Å². The molecule has 0 aliphatic carbocycles. The molecule has 176 valence electrons. The number of ether oxygens (including phenoxy) is 1. The number of carboxylic acid groups (broad SMARTS) is 1. The molecule has 1 N–H and O–H groups in total. The number of unbranched alkanes of at least 4 members (excludes halogenated alkanes) is 12. The van der Waals surface area contributed by atoms with Crippen molar-refractivity contribution >= 4 is 11.9 Å². The zero-order valence-electron chi connectivity index (χ0n) is 19.9. The maximum atomic E-state index is 12.1. The van der Waals surface area contributed by atoms with Crippen molar-refractivity contribution in [1.82, 2.24) is 0 Å². The van der Waals surface area contributed by atoms with E-state index in [4.69, 9.17) is 9.84 Å². The fourth-order valence-electron chi connectivity index (χ4n) is 3.83. The molecule has 1 atom stereocenters. The van der Waals surface area contributed by atoms with Gasteiger partial charge in [0.15, 0.2) is 0 Å². The van der Waals surface area contributed by atoms with E-state index >= 15 is 0 Å². The molecule has 4 nitrogen and oxygen atoms in total. The van der Waals surface area contributed by atoms with Crippen LogP contribution in [0.2, 0.25) is 0 Å². The Morgan fingerprint density at radius 3 is 1.71 bits per heavy atom. The molecule has 0 amide bonds. The predicted octanol–water partition coefficient (Wildman–Crippen LogP) is 8.05. The van der Waals surface area contributed by atoms with Gasteiger partial charge in [0.2, 0.25) is 0 Å². The van der Waals surface area contributed by atoms with Crippen LogP contribution >= 0.6 is 0 Å². The van der Waals surface area contributed by atoms with Gasteiger partial charge in [-0.3, -0.25) is 0 Å². The molecule has 1 unspecified atom stereocenters. The maximum Gasteiger partial charge on any atom is 0.339 e. The molecule has 4 heteroatoms. The molecule has 1 aromatic rings. The van der Waals surface area contributed by atoms with Crippen LogP contribution < -0.4 is 0 Å². The summed E-state index contributed by atoms with van der Waals surface area (Å²) in [6, 6.07) is 6.18. The van der Waals surface area contributed by atoms with Crippen LogP contribution in [-0.2, 0) is 4.74 Å². The second kappa shape index (κ2) is 17.8. The number of carbonyl (C=O) groups excluding carboxylic acids is 1. The number of benzene rings is 1. The van der Waals surface area contributed by atoms with Crippen molar-refractivity contribution < 1.29 is 19.4 Å². The Hall–Kier alpha value is -1.84. The minimum absolute atomic E-state index is 0.00546. The summed E-state index contributed by atoms with van der Waals surface area (Å²) < 4.78 is 5.24. The Balaban J connectivity index is 1.89. The van der Waals surface area contributed by atoms with E-state index in [1.165, 1.54) is 95.6 Å². The normalized spacial score (nSPS) is 11.9. The highest BCUT2D eigenvalue weighted by atomic mass is 16.5. The van der Waals surface area contributed by atoms with Gasteiger partial charge in [-0.1, -0.05) is 116 Å². The second-order valence-corrected chi connectivity index (χ2v) is 8.88. The first-order chi connectivity index (χ1) is 15.1. The van der Waals surface area contributed by atoms with E-state index in [-0.39, 0.29) is 11.1 Å². The molecule has 0 radical (unpaired) electrons. The zero-order valence-corrected chi connectivity index (χ0v) is 19.9. The van der Waals surface area contributed by atoms with Gasteiger partial charge in [-0.2, -0.15) is 0 Å². The van der Waals surface area contributed by atoms with E-state index in [0.717, 1.165) is 18.8 Å². The van der Waals surface area contributed by atoms with Gasteiger partial charge >= 0.3 is 11.9 Å². The largest absolute Gasteiger partial charge is 0.478 e. The average Bonchev–Trinajstić information content (AvgIpc) is 2.78. The van der Waals surface area contributed by atoms with Gasteiger partial charge in [-0.05, 0) is 24.5 Å². The van der Waals surface area contributed by atoms with E-state index in [2.05, 4.69) is 13.8 Å². The van der Waals surface area contributed by atoms with Crippen molar-refractivity contribution in [3.05, 3.63) is 35.4 Å². The van der Waals surface area contributed by atoms with E-state index in [1.807, 2.05) is 0 Å². The lowest BCUT2D eigenvalue weighted by Gasteiger charge is -2.07. The van der Waals surface area contributed by atoms with Gasteiger partial charge in [-0.15, -0.1) is 0 Å². The molecule has 1 rings (SSSR count). The number of esters is 1. The summed E-state index contributed by atoms with van der Waals surface area (Å²) in [4.78, 5) is 23.2. The Morgan fingerprint density at radius 1 is 0.774 bits per heavy atom. The number of carboxylic acids is 1. The lowest BCUT2D eigenvalue weighted by atomic mass is 9.99. The van der Waals surface area contributed by atoms with Crippen LogP contribution in [0.1, 0.15) is 131 Å². The Bertz CT molecular complexity index is 611. The summed E-state index contributed by atoms with van der Waals surface area (Å²) in [7, 11) is 0. The van der Waals surface area contributed by atoms with E-state index in [1.54, 1.807) is 12.1 Å². The quantitative estimate of drug-likeness (QED) is 0.177. The van der Waals surface area contributed by atoms with Crippen molar-refractivity contribution in [2.75, 3.05) is 6.61 Å². The number of aromatic carboxylic acids is 1. The lowest BCUT2D eigenvalue weighted by molar-refractivity contribution is 0.0487. The van der Waals surface area contributed by atoms with E-state index < -0.39 is 11.9 Å². The molecular formula is C27H44O4. The van der Waals surface area contributed by atoms with Crippen LogP contribution in [0.3, 0.4) is 0 Å². The Morgan fingerprint density at radius 2 is 1.23 bits per heavy atom. The van der Waals surface area contributed by atoms with Gasteiger partial charge in [0.05, 0.1) is 17.7 Å². The standard InChI is InChI=1S/C27H44O4/c1-3-23(2)19-15-13-11-9-7-5-4-6-8-10-12-14-18-22-31-27(30)25-21-17-16-20-24(25)26(28)29/h16-17,20-21,23H,3-15,18-19,22H2,1-2H3,(H,28,29). The summed E-state index contributed by atoms with van der Waals surface area (Å²) in [5, 5.41) is 9.13. The molecule has 0 bridgehead atoms. The molecule has 0 heterocycles. The van der Waals surface area contributed by atoms with Crippen molar-refractivity contribution in [3.8, 4) is 0 Å². The minimum atomic E-state index is -1.11. The highest BCUT2D eigenvalue weighted by Gasteiger charge is 2.16. The van der Waals surface area contributed by atoms with Crippen LogP contribution in [0, 0.1) is 5.92 Å². The van der Waals surface area contributed by atoms with Crippen molar-refractivity contribution in [2.45, 2.75) is 110 Å². The van der Waals surface area contributed by atoms with Gasteiger partial charge in [-0.25, -0.2) is 9.59 Å². The van der Waals surface area contributed by atoms with Gasteiger partial charge in [0, 0.05) is 0 Å². The number of rotatable bonds is 19. The molecular weight excluding hydrogens is 388 g/mol. The van der Waals surface area contributed by atoms with E-state index in [0.29, 0.717) is 6.61 Å². The molecule has 0 aliphatic rings. The molecule has 0 aromatic heterocycles. The summed E-state index contributed by atoms with van der Waals surface area (Å²) in [5.41, 5.74) is 0.121. The van der Waals surface area contributed by atoms with Crippen LogP contribution in [0.15, 0.2) is 24.3 Å². The van der Waals surface area contributed by atoms with Crippen LogP contribution in [0.5, 0.6) is 0 Å². The SMILES string of the molecule is CCC(C)CCCCCCCCCCCCCCCOC(=O)c1ccccc1C(=O)O. The second-order valence-electron chi connectivity index (χ2n) is 8.88. The summed E-state index contributed by atoms with van der Waals surface area (Å²) in [6.45, 7) is 5.00. The first-order valence-electron chi connectivity index (χ1n) is 12.6. The van der Waals surface area contributed by atoms with Gasteiger partial charge in [0.1, 0.15) is 0 Å². The first kappa shape index (κ1) is 27.2. The lowest BCUT2D eigenvalue weighted by Crippen LogP contribution is -2.12. The third-order valence-electron chi connectivity index (χ3n) is 6.15. The molecule has 0 saturated heterocycles. The summed E-state index contributed by atoms with van der Waals surface area (Å²) >= 11 is 0. The molecule has 0 fully saturated rings. The highest BCUT2D eigenvalue weighted by Crippen LogP contribution is 2.16. The van der Waals surface area contributed by atoms with Crippen molar-refractivity contribution in [3.63, 3.8) is 0 Å². The topological polar surface area (TPSA) is 63.6 Å². The number of hydrogen-bond donors (Lipinski definition) is 1. The maximum absolute atomic E-state index is 12.1. The summed E-state index contributed by atoms with van der Waals surface area (Å²) in [6.07, 6.45) is 19.4. The molecule has 0 saturated carbocycles. The highest BCUT2D eigenvalue weighted by molar-refractivity contribution is 6.02. The number of carbonyl (C=O) groups is 2. The molecule has 31 heavy (non-hydrogen) atoms. The summed E-state index contributed by atoms with van der Waals surface area (Å²) in [5.74, 6) is -0.755. The minimum Gasteiger partial charge on any atom is -0.478 e. The van der Waals surface area contributed by atoms with Crippen LogP contribution in [0.4, 0.5) is 0 Å². The van der Waals surface area contributed by atoms with Crippen molar-refractivity contribution in [1.29, 1.82) is 0 Å². The Labute approximate surface area is 189 Å². The average molecular weight is 433 g/mol. The fraction of sp³-hybridized carbons (Fsp3) is 0.704. The zero-order chi connectivity index (χ0) is 22.7. The van der Waals surface area contributed by atoms with Crippen molar-refractivity contribution in [2.24, 2.45) is 5.92 Å². The third kappa shape index (κ3) is 13.2. The van der Waals surface area contributed by atoms with Crippen LogP contribution in [-0.4, -0.2) is 23.7 Å².